The molecule has 2 nitrogen and oxygen atoms in total. The van der Waals surface area contributed by atoms with Crippen LogP contribution in [-0.2, 0) is 9.47 Å². The number of alkyl halides is 14. The number of halogens is 14. The van der Waals surface area contributed by atoms with Gasteiger partial charge in [0.15, 0.2) is 0 Å². The Morgan fingerprint density at radius 3 is 0.875 bits per heavy atom. The molecule has 0 aliphatic carbocycles. The van der Waals surface area contributed by atoms with E-state index in [1.807, 2.05) is 0 Å². The normalized spacial score (nSPS) is 19.8. The predicted molar refractivity (Wildman–Crippen MR) is 53.3 cm³/mol. The Morgan fingerprint density at radius 1 is 0.500 bits per heavy atom. The molecule has 0 aliphatic rings. The van der Waals surface area contributed by atoms with Crippen molar-refractivity contribution >= 4 is 23.2 Å². The monoisotopic (exact) mass is 430 g/mol. The highest BCUT2D eigenvalue weighted by Gasteiger charge is 2.64. The van der Waals surface area contributed by atoms with Crippen molar-refractivity contribution in [2.45, 2.75) is 34.8 Å². The summed E-state index contributed by atoms with van der Waals surface area (Å²) < 4.78 is 153. The molecule has 0 heterocycles. The van der Waals surface area contributed by atoms with Crippen molar-refractivity contribution in [3.8, 4) is 0 Å². The standard InChI is InChI=1S/C8H4Cl2F12O2/c9-5(15,23-1-3(11,12)7(17,18)19)6(10,16)24-2-4(13,14)8(20,21)22/h1-2H2. The molecule has 0 aromatic rings. The lowest BCUT2D eigenvalue weighted by Gasteiger charge is -2.31. The van der Waals surface area contributed by atoms with E-state index in [1.165, 1.54) is 0 Å². The molecule has 16 heteroatoms. The predicted octanol–water partition coefficient (Wildman–Crippen LogP) is 5.14. The van der Waals surface area contributed by atoms with Gasteiger partial charge in [-0.2, -0.15) is 52.7 Å². The fourth-order valence-corrected chi connectivity index (χ4v) is 0.912. The summed E-state index contributed by atoms with van der Waals surface area (Å²) in [6, 6.07) is 0. The second kappa shape index (κ2) is 6.76. The van der Waals surface area contributed by atoms with Crippen molar-refractivity contribution in [3.05, 3.63) is 0 Å². The average molecular weight is 431 g/mol. The largest absolute Gasteiger partial charge is 0.455 e. The third-order valence-electron chi connectivity index (χ3n) is 2.04. The number of hydrogen-bond acceptors (Lipinski definition) is 2. The van der Waals surface area contributed by atoms with Gasteiger partial charge in [-0.25, -0.2) is 0 Å². The zero-order chi connectivity index (χ0) is 19.8. The number of rotatable bonds is 7. The topological polar surface area (TPSA) is 18.5 Å². The van der Waals surface area contributed by atoms with Gasteiger partial charge >= 0.3 is 34.8 Å². The second-order valence-corrected chi connectivity index (χ2v) is 4.99. The van der Waals surface area contributed by atoms with E-state index in [1.54, 1.807) is 0 Å². The fraction of sp³-hybridized carbons (Fsp3) is 1.00. The lowest BCUT2D eigenvalue weighted by Crippen LogP contribution is -2.51. The van der Waals surface area contributed by atoms with Crippen LogP contribution in [0, 0.1) is 0 Å². The molecule has 0 amide bonds. The Morgan fingerprint density at radius 2 is 0.708 bits per heavy atom. The van der Waals surface area contributed by atoms with Crippen molar-refractivity contribution in [2.75, 3.05) is 13.2 Å². The van der Waals surface area contributed by atoms with Crippen LogP contribution in [0.15, 0.2) is 0 Å². The van der Waals surface area contributed by atoms with Crippen LogP contribution in [0.4, 0.5) is 52.7 Å². The highest BCUT2D eigenvalue weighted by Crippen LogP contribution is 2.45. The van der Waals surface area contributed by atoms with Gasteiger partial charge in [0.05, 0.1) is 0 Å². The molecule has 0 bridgehead atoms. The minimum atomic E-state index is -6.30. The fourth-order valence-electron chi connectivity index (χ4n) is 0.694. The minimum absolute atomic E-state index is 2.98. The van der Waals surface area contributed by atoms with Crippen LogP contribution in [0.25, 0.3) is 0 Å². The van der Waals surface area contributed by atoms with E-state index in [-0.39, 0.29) is 0 Å². The summed E-state index contributed by atoms with van der Waals surface area (Å²) in [6.07, 6.45) is -12.6. The van der Waals surface area contributed by atoms with Crippen LogP contribution in [0.3, 0.4) is 0 Å². The average Bonchev–Trinajstić information content (AvgIpc) is 2.31. The van der Waals surface area contributed by atoms with E-state index in [2.05, 4.69) is 32.7 Å². The van der Waals surface area contributed by atoms with Gasteiger partial charge in [0.1, 0.15) is 13.2 Å². The van der Waals surface area contributed by atoms with Gasteiger partial charge in [-0.05, 0) is 23.2 Å². The molecule has 146 valence electrons. The zero-order valence-corrected chi connectivity index (χ0v) is 12.0. The van der Waals surface area contributed by atoms with Gasteiger partial charge in [0.25, 0.3) is 0 Å². The number of ether oxygens (including phenoxy) is 2. The van der Waals surface area contributed by atoms with E-state index < -0.39 is 48.0 Å². The zero-order valence-electron chi connectivity index (χ0n) is 10.5. The van der Waals surface area contributed by atoms with E-state index in [0.29, 0.717) is 0 Å². The molecule has 0 aromatic carbocycles. The summed E-state index contributed by atoms with van der Waals surface area (Å²) in [6.45, 7) is -5.96. The molecule has 24 heavy (non-hydrogen) atoms. The molecule has 2 unspecified atom stereocenters. The van der Waals surface area contributed by atoms with Crippen LogP contribution < -0.4 is 0 Å². The lowest BCUT2D eigenvalue weighted by molar-refractivity contribution is -0.340. The smallest absolute Gasteiger partial charge is 0.322 e. The second-order valence-electron chi connectivity index (χ2n) is 4.02. The summed E-state index contributed by atoms with van der Waals surface area (Å²) in [7, 11) is 0. The van der Waals surface area contributed by atoms with Gasteiger partial charge in [-0.3, -0.25) is 0 Å². The van der Waals surface area contributed by atoms with Crippen LogP contribution in [-0.4, -0.2) is 48.0 Å². The molecular formula is C8H4Cl2F12O2. The van der Waals surface area contributed by atoms with Crippen molar-refractivity contribution in [3.63, 3.8) is 0 Å². The molecule has 0 saturated carbocycles. The van der Waals surface area contributed by atoms with E-state index >= 15 is 0 Å². The Balaban J connectivity index is 5.01. The summed E-state index contributed by atoms with van der Waals surface area (Å²) >= 11 is 8.76. The highest BCUT2D eigenvalue weighted by molar-refractivity contribution is 6.31. The summed E-state index contributed by atoms with van der Waals surface area (Å²) in [4.78, 5) is 0. The van der Waals surface area contributed by atoms with Gasteiger partial charge in [-0.1, -0.05) is 0 Å². The van der Waals surface area contributed by atoms with Gasteiger partial charge in [0.2, 0.25) is 0 Å². The maximum atomic E-state index is 13.3. The molecular weight excluding hydrogens is 427 g/mol. The Kier molecular flexibility index (Phi) is 6.66. The van der Waals surface area contributed by atoms with Crippen molar-refractivity contribution in [1.82, 2.24) is 0 Å². The molecule has 0 aliphatic heterocycles. The molecule has 0 rings (SSSR count). The van der Waals surface area contributed by atoms with Crippen LogP contribution in [0.1, 0.15) is 0 Å². The van der Waals surface area contributed by atoms with Crippen molar-refractivity contribution < 1.29 is 62.2 Å². The summed E-state index contributed by atoms with van der Waals surface area (Å²) in [5, 5.41) is -9.93. The van der Waals surface area contributed by atoms with Gasteiger partial charge < -0.3 is 9.47 Å². The quantitative estimate of drug-likeness (QED) is 0.411. The van der Waals surface area contributed by atoms with Crippen molar-refractivity contribution in [2.24, 2.45) is 0 Å². The minimum Gasteiger partial charge on any atom is -0.322 e. The maximum absolute atomic E-state index is 13.3. The lowest BCUT2D eigenvalue weighted by atomic mass is 10.3. The third kappa shape index (κ3) is 5.59. The van der Waals surface area contributed by atoms with E-state index in [9.17, 15) is 52.7 Å². The van der Waals surface area contributed by atoms with Crippen molar-refractivity contribution in [1.29, 1.82) is 0 Å². The van der Waals surface area contributed by atoms with Crippen LogP contribution >= 0.6 is 23.2 Å². The molecule has 0 spiro atoms. The Hall–Kier alpha value is -0.340. The Labute approximate surface area is 134 Å². The summed E-state index contributed by atoms with van der Waals surface area (Å²) in [5.74, 6) is -11.6. The van der Waals surface area contributed by atoms with Crippen LogP contribution in [0.2, 0.25) is 0 Å². The maximum Gasteiger partial charge on any atom is 0.455 e. The van der Waals surface area contributed by atoms with Gasteiger partial charge in [-0.15, -0.1) is 0 Å². The first-order chi connectivity index (χ1) is 10.2. The Bertz CT molecular complexity index is 390. The molecule has 0 aromatic heterocycles. The molecule has 0 radical (unpaired) electrons. The first kappa shape index (κ1) is 23.7. The third-order valence-corrected chi connectivity index (χ3v) is 2.84. The van der Waals surface area contributed by atoms with Crippen LogP contribution in [0.5, 0.6) is 0 Å². The molecule has 0 saturated heterocycles. The number of hydrogen-bond donors (Lipinski definition) is 0. The molecule has 2 atom stereocenters. The molecule has 0 N–H and O–H groups in total. The van der Waals surface area contributed by atoms with E-state index in [0.717, 1.165) is 0 Å². The van der Waals surface area contributed by atoms with E-state index in [4.69, 9.17) is 0 Å². The highest BCUT2D eigenvalue weighted by atomic mass is 35.5. The van der Waals surface area contributed by atoms with Gasteiger partial charge in [0, 0.05) is 0 Å². The first-order valence-corrected chi connectivity index (χ1v) is 5.84. The first-order valence-electron chi connectivity index (χ1n) is 5.09. The summed E-state index contributed by atoms with van der Waals surface area (Å²) in [5.41, 5.74) is 0. The SMILES string of the molecule is FC(F)(F)C(F)(F)COC(F)(Cl)C(F)(Cl)OCC(F)(F)C(F)(F)F. The molecule has 0 fully saturated rings.